The van der Waals surface area contributed by atoms with Crippen LogP contribution in [0.2, 0.25) is 25.1 Å². The van der Waals surface area contributed by atoms with Crippen LogP contribution in [0.5, 0.6) is 0 Å². The van der Waals surface area contributed by atoms with Gasteiger partial charge in [-0.15, -0.1) is 31.1 Å². The summed E-state index contributed by atoms with van der Waals surface area (Å²) in [6.07, 6.45) is 7.41. The van der Waals surface area contributed by atoms with Gasteiger partial charge in [-0.1, -0.05) is 84.1 Å². The first kappa shape index (κ1) is 113. The van der Waals surface area contributed by atoms with Gasteiger partial charge in [0.25, 0.3) is 0 Å². The number of aliphatic hydroxyl groups is 2. The minimum Gasteiger partial charge on any atom is -1.00 e. The largest absolute Gasteiger partial charge is 2.00 e. The van der Waals surface area contributed by atoms with E-state index in [4.69, 9.17) is 91.2 Å². The summed E-state index contributed by atoms with van der Waals surface area (Å²) in [5.41, 5.74) is 12.5. The standard InChI is InChI=1S/C17H11ClFN5O2.C17H12ClFN2O3.C13H20BNO5.C12H8ClFINO.C12H6ClFINO.C6H4Cl.C6H3FINO.C3H9P.CH3Cl.BrH.Mg/c1-9-14(13(26-23-9)8-22-24-20)12-6-7-21-17(19)15(12)16(25)10-2-4-11(18)5-3-10;1-9-14(13(8-22)24-21-9)12-6-7-20-17(19)15(12)16(23)10-2-4-11(18)5-3-10;1-8-11(10(18-15-8)7-17-9(2)16)14-19-12(3,4)13(5,6)20-14;2*13-8-3-1-7(2-4-8)11(17)10-9(15)5-6-16-12(10)14;7-6-4-2-1-3-5-6;7-6-4(3-10)5(8)1-2-9-6;1-4(2)3;1-2;;/h2-7H,8H2,1H3;2-7,22H,8H2,1H3;7H2,1-6H3;1-6,11,17H;1-6H;2-5H;1-3H;1-3H3;1H3;1H;/q;;;;;-1;;;;;+2/p-1. The van der Waals surface area contributed by atoms with Crippen molar-refractivity contribution >= 4 is 211 Å². The van der Waals surface area contributed by atoms with Crippen molar-refractivity contribution in [3.05, 3.63) is 349 Å². The number of aldehydes is 1. The number of esters is 1. The smallest absolute Gasteiger partial charge is 1.00 e. The van der Waals surface area contributed by atoms with Gasteiger partial charge in [-0.3, -0.25) is 24.0 Å². The summed E-state index contributed by atoms with van der Waals surface area (Å²) in [6.45, 7) is 20.5. The molecule has 0 saturated carbocycles. The number of alkyl halides is 1. The third-order valence-electron chi connectivity index (χ3n) is 17.4. The SMILES string of the molecule is CC(=O)OCc1onc(C)c1B1OC(C)(C)C(C)(C)O1.CCl.CP(C)C.Cc1noc(CN=[N+]=[N-])c1-c1ccnc(F)c1C(=O)c1ccc(Cl)cc1.Cc1noc(CO)c1-c1ccnc(F)c1C(=O)c1ccc(Cl)cc1.Clc1cc[c-]cc1.O=C(c1ccc(Cl)cc1)c1c(I)ccnc1F.O=Cc1c(I)ccnc1F.OC(c1ccc(Cl)cc1)c1c(I)ccnc1F.[Br-].[Mg+2]. The molecule has 9 heterocycles. The second-order valence-corrected chi connectivity index (χ2v) is 35.6. The van der Waals surface area contributed by atoms with Crippen LogP contribution in [0.15, 0.2) is 201 Å². The zero-order valence-electron chi connectivity index (χ0n) is 70.3. The predicted octanol–water partition coefficient (Wildman–Crippen LogP) is 19.7. The third-order valence-corrected chi connectivity index (χ3v) is 21.4. The molecular formula is C87H76BBrCl6F5I3MgN11O13P. The summed E-state index contributed by atoms with van der Waals surface area (Å²) < 4.78 is 102. The van der Waals surface area contributed by atoms with Gasteiger partial charge in [0.2, 0.25) is 29.7 Å². The summed E-state index contributed by atoms with van der Waals surface area (Å²) >= 11 is 39.0. The number of azide groups is 1. The van der Waals surface area contributed by atoms with E-state index in [-0.39, 0.29) is 121 Å². The molecule has 0 bridgehead atoms. The van der Waals surface area contributed by atoms with Crippen LogP contribution in [0.1, 0.15) is 144 Å². The molecule has 0 spiro atoms. The molecule has 1 aliphatic heterocycles. The van der Waals surface area contributed by atoms with Crippen LogP contribution in [-0.2, 0) is 38.6 Å². The van der Waals surface area contributed by atoms with Crippen molar-refractivity contribution in [2.24, 2.45) is 5.11 Å². The molecule has 42 heteroatoms. The summed E-state index contributed by atoms with van der Waals surface area (Å²) in [5.74, 6) is -4.96. The van der Waals surface area contributed by atoms with E-state index in [0.29, 0.717) is 95.6 Å². The number of aromatic nitrogens is 8. The number of aliphatic hydroxyl groups excluding tert-OH is 2. The zero-order valence-corrected chi connectivity index (χ0v) is 85.2. The molecule has 0 radical (unpaired) electrons. The maximum Gasteiger partial charge on any atom is 2.00 e. The number of halogens is 15. The molecule has 24 nitrogen and oxygen atoms in total. The first-order chi connectivity index (χ1) is 60.3. The van der Waals surface area contributed by atoms with Crippen LogP contribution in [0.4, 0.5) is 22.0 Å². The van der Waals surface area contributed by atoms with Crippen molar-refractivity contribution in [3.63, 3.8) is 0 Å². The van der Waals surface area contributed by atoms with Crippen molar-refractivity contribution in [2.75, 3.05) is 26.4 Å². The molecule has 1 atom stereocenters. The maximum atomic E-state index is 14.5. The molecule has 1 unspecified atom stereocenters. The Morgan fingerprint density at radius 1 is 0.550 bits per heavy atom. The molecule has 1 saturated heterocycles. The van der Waals surface area contributed by atoms with Gasteiger partial charge in [-0.2, -0.15) is 52.3 Å². The van der Waals surface area contributed by atoms with E-state index in [1.54, 1.807) is 136 Å². The third kappa shape index (κ3) is 33.1. The Hall–Kier alpha value is -7.90. The van der Waals surface area contributed by atoms with E-state index in [1.807, 2.05) is 95.5 Å². The van der Waals surface area contributed by atoms with Crippen LogP contribution in [0.3, 0.4) is 0 Å². The maximum absolute atomic E-state index is 14.5. The second-order valence-electron chi connectivity index (χ2n) is 27.3. The Kier molecular flexibility index (Phi) is 48.9. The van der Waals surface area contributed by atoms with E-state index in [1.165, 1.54) is 80.7 Å². The van der Waals surface area contributed by atoms with Crippen LogP contribution < -0.4 is 22.4 Å². The fourth-order valence-electron chi connectivity index (χ4n) is 10.7. The first-order valence-electron chi connectivity index (χ1n) is 36.8. The van der Waals surface area contributed by atoms with Gasteiger partial charge in [-0.25, -0.2) is 24.9 Å². The van der Waals surface area contributed by atoms with Crippen LogP contribution in [0.25, 0.3) is 32.7 Å². The summed E-state index contributed by atoms with van der Waals surface area (Å²) in [5, 5.41) is 37.3. The van der Waals surface area contributed by atoms with Crippen LogP contribution in [0, 0.1) is 67.3 Å². The fourth-order valence-corrected chi connectivity index (χ4v) is 13.2. The van der Waals surface area contributed by atoms with Crippen molar-refractivity contribution in [3.8, 4) is 22.3 Å². The monoisotopic (exact) mass is 2310 g/mol. The van der Waals surface area contributed by atoms with Crippen molar-refractivity contribution in [1.82, 2.24) is 40.4 Å². The van der Waals surface area contributed by atoms with Crippen molar-refractivity contribution in [2.45, 2.75) is 92.5 Å². The number of nitrogens with zero attached hydrogens (tertiary/aromatic N) is 11. The van der Waals surface area contributed by atoms with Gasteiger partial charge in [0, 0.05) is 113 Å². The number of carbonyl (C=O) groups excluding carboxylic acids is 5. The van der Waals surface area contributed by atoms with Gasteiger partial charge in [0.15, 0.2) is 47.5 Å². The number of ether oxygens (including phenoxy) is 1. The number of pyridine rings is 5. The van der Waals surface area contributed by atoms with Gasteiger partial charge >= 0.3 is 36.1 Å². The minimum atomic E-state index is -1.03. The molecule has 5 aromatic carbocycles. The average Bonchev–Trinajstić information content (AvgIpc) is 1.63. The molecule has 13 aromatic rings. The number of aryl methyl sites for hydroxylation is 3. The van der Waals surface area contributed by atoms with Crippen molar-refractivity contribution in [1.29, 1.82) is 0 Å². The molecule has 2 N–H and O–H groups in total. The molecule has 1 fully saturated rings. The Morgan fingerprint density at radius 2 is 0.907 bits per heavy atom. The van der Waals surface area contributed by atoms with E-state index in [9.17, 15) is 56.1 Å². The topological polar surface area (TPSA) is 345 Å². The molecule has 0 amide bonds. The Labute approximate surface area is 838 Å². The molecule has 1 aliphatic rings. The van der Waals surface area contributed by atoms with Gasteiger partial charge < -0.3 is 54.8 Å². The summed E-state index contributed by atoms with van der Waals surface area (Å²) in [6, 6.07) is 42.9. The van der Waals surface area contributed by atoms with Gasteiger partial charge in [0.1, 0.15) is 12.7 Å². The van der Waals surface area contributed by atoms with Crippen LogP contribution in [-0.4, -0.2) is 148 Å². The van der Waals surface area contributed by atoms with Gasteiger partial charge in [0.05, 0.1) is 73.7 Å². The van der Waals surface area contributed by atoms with E-state index >= 15 is 0 Å². The zero-order chi connectivity index (χ0) is 94.2. The minimum absolute atomic E-state index is 0. The van der Waals surface area contributed by atoms with E-state index < -0.39 is 78.1 Å². The number of benzene rings is 5. The normalized spacial score (nSPS) is 11.8. The Balaban J connectivity index is 0.000000319. The van der Waals surface area contributed by atoms with E-state index in [2.05, 4.69) is 88.1 Å². The van der Waals surface area contributed by atoms with Crippen LogP contribution >= 0.6 is 145 Å². The first-order valence-corrected chi connectivity index (χ1v) is 45.4. The second kappa shape index (κ2) is 55.6. The molecule has 8 aromatic heterocycles. The summed E-state index contributed by atoms with van der Waals surface area (Å²) in [4.78, 5) is 79.0. The molecular weight excluding hydrogens is 2240 g/mol. The average molecular weight is 2320 g/mol. The molecule has 129 heavy (non-hydrogen) atoms. The number of carbonyl (C=O) groups is 5. The fraction of sp³-hybridized carbons (Fsp3) is 0.207. The number of hydrogen-bond donors (Lipinski definition) is 2. The Morgan fingerprint density at radius 3 is 1.29 bits per heavy atom. The predicted molar refractivity (Wildman–Crippen MR) is 509 cm³/mol. The molecule has 14 rings (SSSR count). The van der Waals surface area contributed by atoms with Crippen molar-refractivity contribution < 1.29 is 101 Å². The number of ketones is 3. The molecule has 0 aliphatic carbocycles. The van der Waals surface area contributed by atoms with E-state index in [0.717, 1.165) is 5.02 Å². The molecule has 672 valence electrons. The summed E-state index contributed by atoms with van der Waals surface area (Å²) in [7, 11) is -0.193. The number of hydrogen-bond acceptors (Lipinski definition) is 22. The quantitative estimate of drug-likeness (QED) is 0.00682. The Bertz CT molecular complexity index is 5880. The number of rotatable bonds is 17. The van der Waals surface area contributed by atoms with Gasteiger partial charge in [-0.05, 0) is 263 Å².